The lowest BCUT2D eigenvalue weighted by molar-refractivity contribution is 0.0600. The average Bonchev–Trinajstić information content (AvgIpc) is 2.74. The standard InChI is InChI=1S/C20H23ClN2O5S/c1-27-18-9-6-14(20(24)28-2)12-19(18)29(25,26)22-16-8-7-15(21)13-17(16)23-10-4-3-5-11-23/h6-9,12-13,22H,3-5,10-11H2,1-2H3. The van der Waals surface area contributed by atoms with E-state index in [1.54, 1.807) is 18.2 Å². The average molecular weight is 439 g/mol. The summed E-state index contributed by atoms with van der Waals surface area (Å²) < 4.78 is 38.9. The Hall–Kier alpha value is -2.45. The lowest BCUT2D eigenvalue weighted by atomic mass is 10.1. The largest absolute Gasteiger partial charge is 0.495 e. The molecule has 1 aliphatic rings. The van der Waals surface area contributed by atoms with Gasteiger partial charge in [0.2, 0.25) is 0 Å². The predicted octanol–water partition coefficient (Wildman–Crippen LogP) is 3.93. The van der Waals surface area contributed by atoms with Gasteiger partial charge in [-0.1, -0.05) is 11.6 Å². The van der Waals surface area contributed by atoms with Gasteiger partial charge in [0.25, 0.3) is 10.0 Å². The fourth-order valence-corrected chi connectivity index (χ4v) is 4.76. The maximum absolute atomic E-state index is 13.2. The normalized spacial score (nSPS) is 14.4. The Balaban J connectivity index is 2.01. The first kappa shape index (κ1) is 21.3. The van der Waals surface area contributed by atoms with Crippen LogP contribution in [0.3, 0.4) is 0 Å². The minimum atomic E-state index is -4.05. The smallest absolute Gasteiger partial charge is 0.337 e. The molecule has 0 unspecified atom stereocenters. The van der Waals surface area contributed by atoms with E-state index in [-0.39, 0.29) is 16.2 Å². The molecule has 1 saturated heterocycles. The van der Waals surface area contributed by atoms with Crippen molar-refractivity contribution in [3.05, 3.63) is 47.0 Å². The van der Waals surface area contributed by atoms with Gasteiger partial charge in [0, 0.05) is 18.1 Å². The van der Waals surface area contributed by atoms with Crippen molar-refractivity contribution < 1.29 is 22.7 Å². The number of hydrogen-bond acceptors (Lipinski definition) is 6. The third kappa shape index (κ3) is 4.76. The van der Waals surface area contributed by atoms with Crippen LogP contribution in [0, 0.1) is 0 Å². The van der Waals surface area contributed by atoms with Gasteiger partial charge in [0.05, 0.1) is 31.2 Å². The van der Waals surface area contributed by atoms with Crippen LogP contribution in [0.5, 0.6) is 5.75 Å². The summed E-state index contributed by atoms with van der Waals surface area (Å²) in [5.74, 6) is -0.511. The second-order valence-electron chi connectivity index (χ2n) is 6.67. The quantitative estimate of drug-likeness (QED) is 0.688. The molecule has 0 radical (unpaired) electrons. The molecule has 156 valence electrons. The van der Waals surface area contributed by atoms with Crippen molar-refractivity contribution in [3.63, 3.8) is 0 Å². The lowest BCUT2D eigenvalue weighted by Crippen LogP contribution is -2.30. The number of benzene rings is 2. The molecule has 0 aromatic heterocycles. The van der Waals surface area contributed by atoms with Crippen molar-refractivity contribution in [3.8, 4) is 5.75 Å². The number of sulfonamides is 1. The highest BCUT2D eigenvalue weighted by atomic mass is 35.5. The number of piperidine rings is 1. The van der Waals surface area contributed by atoms with Crippen molar-refractivity contribution in [1.29, 1.82) is 0 Å². The summed E-state index contributed by atoms with van der Waals surface area (Å²) in [6.45, 7) is 1.66. The molecule has 1 fully saturated rings. The number of halogens is 1. The van der Waals surface area contributed by atoms with E-state index >= 15 is 0 Å². The molecule has 0 spiro atoms. The molecular weight excluding hydrogens is 416 g/mol. The van der Waals surface area contributed by atoms with Gasteiger partial charge in [-0.25, -0.2) is 13.2 Å². The van der Waals surface area contributed by atoms with E-state index in [1.807, 2.05) is 0 Å². The minimum absolute atomic E-state index is 0.112. The number of carbonyl (C=O) groups is 1. The first-order valence-corrected chi connectivity index (χ1v) is 11.1. The first-order valence-electron chi connectivity index (χ1n) is 9.19. The molecule has 7 nitrogen and oxygen atoms in total. The van der Waals surface area contributed by atoms with Crippen molar-refractivity contribution >= 4 is 39.0 Å². The van der Waals surface area contributed by atoms with Crippen LogP contribution in [-0.2, 0) is 14.8 Å². The topological polar surface area (TPSA) is 84.9 Å². The molecule has 1 N–H and O–H groups in total. The monoisotopic (exact) mass is 438 g/mol. The molecule has 1 aliphatic heterocycles. The number of methoxy groups -OCH3 is 2. The van der Waals surface area contributed by atoms with E-state index in [0.29, 0.717) is 10.7 Å². The Morgan fingerprint density at radius 1 is 1.07 bits per heavy atom. The molecule has 0 amide bonds. The van der Waals surface area contributed by atoms with Crippen LogP contribution in [0.15, 0.2) is 41.3 Å². The van der Waals surface area contributed by atoms with Gasteiger partial charge < -0.3 is 14.4 Å². The van der Waals surface area contributed by atoms with Crippen LogP contribution in [0.4, 0.5) is 11.4 Å². The van der Waals surface area contributed by atoms with Gasteiger partial charge in [-0.2, -0.15) is 0 Å². The van der Waals surface area contributed by atoms with Gasteiger partial charge in [0.15, 0.2) is 0 Å². The Kier molecular flexibility index (Phi) is 6.54. The third-order valence-corrected chi connectivity index (χ3v) is 6.40. The molecule has 3 rings (SSSR count). The molecule has 0 saturated carbocycles. The molecule has 9 heteroatoms. The number of anilines is 2. The van der Waals surface area contributed by atoms with Crippen LogP contribution in [0.1, 0.15) is 29.6 Å². The molecular formula is C20H23ClN2O5S. The SMILES string of the molecule is COC(=O)c1ccc(OC)c(S(=O)(=O)Nc2ccc(Cl)cc2N2CCCCC2)c1. The Labute approximate surface area is 175 Å². The highest BCUT2D eigenvalue weighted by Crippen LogP contribution is 2.34. The summed E-state index contributed by atoms with van der Waals surface area (Å²) in [5, 5.41) is 0.527. The highest BCUT2D eigenvalue weighted by Gasteiger charge is 2.24. The summed E-state index contributed by atoms with van der Waals surface area (Å²) in [4.78, 5) is 13.8. The second-order valence-corrected chi connectivity index (χ2v) is 8.76. The lowest BCUT2D eigenvalue weighted by Gasteiger charge is -2.30. The summed E-state index contributed by atoms with van der Waals surface area (Å²) in [6.07, 6.45) is 3.22. The predicted molar refractivity (Wildman–Crippen MR) is 113 cm³/mol. The van der Waals surface area contributed by atoms with E-state index < -0.39 is 16.0 Å². The van der Waals surface area contributed by atoms with Crippen LogP contribution in [0.2, 0.25) is 5.02 Å². The van der Waals surface area contributed by atoms with Gasteiger partial charge >= 0.3 is 5.97 Å². The van der Waals surface area contributed by atoms with E-state index in [1.165, 1.54) is 32.4 Å². The molecule has 1 heterocycles. The Morgan fingerprint density at radius 2 is 1.79 bits per heavy atom. The fraction of sp³-hybridized carbons (Fsp3) is 0.350. The first-order chi connectivity index (χ1) is 13.9. The number of rotatable bonds is 6. The second kappa shape index (κ2) is 8.92. The molecule has 0 bridgehead atoms. The zero-order valence-electron chi connectivity index (χ0n) is 16.3. The van der Waals surface area contributed by atoms with E-state index in [2.05, 4.69) is 9.62 Å². The number of hydrogen-bond donors (Lipinski definition) is 1. The van der Waals surface area contributed by atoms with Crippen LogP contribution >= 0.6 is 11.6 Å². The zero-order chi connectivity index (χ0) is 21.0. The van der Waals surface area contributed by atoms with Gasteiger partial charge in [-0.3, -0.25) is 4.72 Å². The van der Waals surface area contributed by atoms with Crippen molar-refractivity contribution in [2.24, 2.45) is 0 Å². The van der Waals surface area contributed by atoms with Gasteiger partial charge in [0.1, 0.15) is 10.6 Å². The number of nitrogens with one attached hydrogen (secondary N) is 1. The molecule has 0 aliphatic carbocycles. The molecule has 2 aromatic rings. The van der Waals surface area contributed by atoms with E-state index in [4.69, 9.17) is 21.1 Å². The number of esters is 1. The summed E-state index contributed by atoms with van der Waals surface area (Å²) >= 11 is 6.17. The maximum Gasteiger partial charge on any atom is 0.337 e. The third-order valence-electron chi connectivity index (χ3n) is 4.78. The highest BCUT2D eigenvalue weighted by molar-refractivity contribution is 7.92. The molecule has 29 heavy (non-hydrogen) atoms. The minimum Gasteiger partial charge on any atom is -0.495 e. The fourth-order valence-electron chi connectivity index (χ4n) is 3.32. The summed E-state index contributed by atoms with van der Waals surface area (Å²) in [6, 6.07) is 9.14. The maximum atomic E-state index is 13.2. The van der Waals surface area contributed by atoms with Crippen molar-refractivity contribution in [1.82, 2.24) is 0 Å². The van der Waals surface area contributed by atoms with Crippen molar-refractivity contribution in [2.75, 3.05) is 36.9 Å². The van der Waals surface area contributed by atoms with Crippen LogP contribution < -0.4 is 14.4 Å². The number of ether oxygens (including phenoxy) is 2. The number of nitrogens with zero attached hydrogens (tertiary/aromatic N) is 1. The van der Waals surface area contributed by atoms with Gasteiger partial charge in [-0.05, 0) is 55.7 Å². The summed E-state index contributed by atoms with van der Waals surface area (Å²) in [5.41, 5.74) is 1.26. The molecule has 2 aromatic carbocycles. The van der Waals surface area contributed by atoms with Crippen LogP contribution in [0.25, 0.3) is 0 Å². The van der Waals surface area contributed by atoms with E-state index in [9.17, 15) is 13.2 Å². The van der Waals surface area contributed by atoms with Gasteiger partial charge in [-0.15, -0.1) is 0 Å². The Bertz CT molecular complexity index is 1000. The molecule has 0 atom stereocenters. The summed E-state index contributed by atoms with van der Waals surface area (Å²) in [7, 11) is -1.44. The number of carbonyl (C=O) groups excluding carboxylic acids is 1. The van der Waals surface area contributed by atoms with E-state index in [0.717, 1.165) is 38.0 Å². The zero-order valence-corrected chi connectivity index (χ0v) is 17.8. The van der Waals surface area contributed by atoms with Crippen molar-refractivity contribution in [2.45, 2.75) is 24.2 Å². The van der Waals surface area contributed by atoms with Crippen LogP contribution in [-0.4, -0.2) is 41.7 Å². The Morgan fingerprint density at radius 3 is 2.45 bits per heavy atom.